The van der Waals surface area contributed by atoms with Gasteiger partial charge in [-0.05, 0) is 49.6 Å². The number of hydrogen-bond donors (Lipinski definition) is 2. The number of benzene rings is 2. The Morgan fingerprint density at radius 3 is 2.40 bits per heavy atom. The number of carboxylic acid groups (broad SMARTS) is 1. The lowest BCUT2D eigenvalue weighted by atomic mass is 10.1. The number of nitrogens with one attached hydrogen (secondary N) is 1. The maximum Gasteiger partial charge on any atom is 0.335 e. The van der Waals surface area contributed by atoms with Crippen molar-refractivity contribution in [3.63, 3.8) is 0 Å². The Hall–Kier alpha value is -2.82. The van der Waals surface area contributed by atoms with Crippen molar-refractivity contribution in [2.75, 3.05) is 18.0 Å². The topological polar surface area (TPSA) is 69.6 Å². The summed E-state index contributed by atoms with van der Waals surface area (Å²) >= 11 is 0. The monoisotopic (exact) mass is 338 g/mol. The van der Waals surface area contributed by atoms with E-state index in [0.717, 1.165) is 42.7 Å². The fraction of sp³-hybridized carbons (Fsp3) is 0.300. The summed E-state index contributed by atoms with van der Waals surface area (Å²) in [5.74, 6) is -1.06. The minimum atomic E-state index is -0.953. The summed E-state index contributed by atoms with van der Waals surface area (Å²) in [5.41, 5.74) is 3.85. The Bertz CT molecular complexity index is 778. The molecule has 0 aliphatic carbocycles. The van der Waals surface area contributed by atoms with Crippen LogP contribution in [0, 0.1) is 6.92 Å². The molecule has 0 bridgehead atoms. The zero-order chi connectivity index (χ0) is 17.8. The minimum Gasteiger partial charge on any atom is -0.478 e. The first-order chi connectivity index (χ1) is 12.0. The number of carbonyl (C=O) groups excluding carboxylic acids is 1. The molecule has 1 heterocycles. The summed E-state index contributed by atoms with van der Waals surface area (Å²) in [6, 6.07) is 12.5. The molecule has 0 spiro atoms. The van der Waals surface area contributed by atoms with Gasteiger partial charge in [0.05, 0.1) is 11.1 Å². The predicted octanol–water partition coefficient (Wildman–Crippen LogP) is 3.22. The van der Waals surface area contributed by atoms with Crippen LogP contribution in [0.3, 0.4) is 0 Å². The van der Waals surface area contributed by atoms with Crippen molar-refractivity contribution in [2.24, 2.45) is 0 Å². The first kappa shape index (κ1) is 17.0. The molecule has 2 aromatic carbocycles. The summed E-state index contributed by atoms with van der Waals surface area (Å²) in [7, 11) is 0. The molecule has 25 heavy (non-hydrogen) atoms. The standard InChI is InChI=1S/C20H22N2O3/c1-14-4-9-18(22-10-2-3-11-22)17(12-14)19(23)21-13-15-5-7-16(8-6-15)20(24)25/h4-9,12H,2-3,10-11,13H2,1H3,(H,21,23)(H,24,25). The Kier molecular flexibility index (Phi) is 5.03. The van der Waals surface area contributed by atoms with Crippen LogP contribution in [0.25, 0.3) is 0 Å². The maximum absolute atomic E-state index is 12.7. The second kappa shape index (κ2) is 7.38. The molecule has 0 radical (unpaired) electrons. The lowest BCUT2D eigenvalue weighted by Crippen LogP contribution is -2.27. The molecule has 1 amide bonds. The second-order valence-electron chi connectivity index (χ2n) is 6.40. The Balaban J connectivity index is 1.72. The fourth-order valence-electron chi connectivity index (χ4n) is 3.11. The van der Waals surface area contributed by atoms with Crippen LogP contribution in [0.15, 0.2) is 42.5 Å². The highest BCUT2D eigenvalue weighted by Crippen LogP contribution is 2.25. The van der Waals surface area contributed by atoms with E-state index in [0.29, 0.717) is 12.1 Å². The van der Waals surface area contributed by atoms with E-state index in [9.17, 15) is 9.59 Å². The molecule has 130 valence electrons. The first-order valence-electron chi connectivity index (χ1n) is 8.50. The lowest BCUT2D eigenvalue weighted by molar-refractivity contribution is 0.0696. The third-order valence-electron chi connectivity index (χ3n) is 4.50. The summed E-state index contributed by atoms with van der Waals surface area (Å²) in [6.45, 7) is 4.32. The highest BCUT2D eigenvalue weighted by Gasteiger charge is 2.19. The van der Waals surface area contributed by atoms with Crippen LogP contribution in [0.2, 0.25) is 0 Å². The van der Waals surface area contributed by atoms with E-state index in [1.165, 1.54) is 0 Å². The van der Waals surface area contributed by atoms with Gasteiger partial charge in [-0.3, -0.25) is 4.79 Å². The van der Waals surface area contributed by atoms with Crippen molar-refractivity contribution in [3.8, 4) is 0 Å². The molecular weight excluding hydrogens is 316 g/mol. The molecular formula is C20H22N2O3. The van der Waals surface area contributed by atoms with Gasteiger partial charge >= 0.3 is 5.97 Å². The van der Waals surface area contributed by atoms with Gasteiger partial charge in [-0.2, -0.15) is 0 Å². The molecule has 1 fully saturated rings. The SMILES string of the molecule is Cc1ccc(N2CCCC2)c(C(=O)NCc2ccc(C(=O)O)cc2)c1. The van der Waals surface area contributed by atoms with Gasteiger partial charge in [0.1, 0.15) is 0 Å². The quantitative estimate of drug-likeness (QED) is 0.878. The lowest BCUT2D eigenvalue weighted by Gasteiger charge is -2.21. The van der Waals surface area contributed by atoms with Crippen LogP contribution >= 0.6 is 0 Å². The second-order valence-corrected chi connectivity index (χ2v) is 6.40. The van der Waals surface area contributed by atoms with Gasteiger partial charge in [0.2, 0.25) is 0 Å². The average Bonchev–Trinajstić information content (AvgIpc) is 3.14. The van der Waals surface area contributed by atoms with Gasteiger partial charge in [0.15, 0.2) is 0 Å². The van der Waals surface area contributed by atoms with Gasteiger partial charge < -0.3 is 15.3 Å². The third kappa shape index (κ3) is 3.99. The highest BCUT2D eigenvalue weighted by atomic mass is 16.4. The number of amides is 1. The van der Waals surface area contributed by atoms with E-state index < -0.39 is 5.97 Å². The number of carboxylic acids is 1. The summed E-state index contributed by atoms with van der Waals surface area (Å²) in [6.07, 6.45) is 2.32. The Morgan fingerprint density at radius 1 is 1.08 bits per heavy atom. The van der Waals surface area contributed by atoms with E-state index in [1.54, 1.807) is 24.3 Å². The summed E-state index contributed by atoms with van der Waals surface area (Å²) in [5, 5.41) is 11.9. The van der Waals surface area contributed by atoms with Crippen LogP contribution in [-0.2, 0) is 6.54 Å². The number of aromatic carboxylic acids is 1. The van der Waals surface area contributed by atoms with Crippen LogP contribution in [-0.4, -0.2) is 30.1 Å². The molecule has 0 atom stereocenters. The number of nitrogens with zero attached hydrogens (tertiary/aromatic N) is 1. The molecule has 5 heteroatoms. The summed E-state index contributed by atoms with van der Waals surface area (Å²) < 4.78 is 0. The predicted molar refractivity (Wildman–Crippen MR) is 97.2 cm³/mol. The van der Waals surface area contributed by atoms with Gasteiger partial charge in [0.25, 0.3) is 5.91 Å². The number of hydrogen-bond acceptors (Lipinski definition) is 3. The molecule has 2 N–H and O–H groups in total. The van der Waals surface area contributed by atoms with Gasteiger partial charge in [-0.1, -0.05) is 23.8 Å². The van der Waals surface area contributed by atoms with Gasteiger partial charge in [-0.15, -0.1) is 0 Å². The van der Waals surface area contributed by atoms with Crippen molar-refractivity contribution in [1.82, 2.24) is 5.32 Å². The highest BCUT2D eigenvalue weighted by molar-refractivity contribution is 6.00. The zero-order valence-electron chi connectivity index (χ0n) is 14.3. The summed E-state index contributed by atoms with van der Waals surface area (Å²) in [4.78, 5) is 25.8. The molecule has 0 aromatic heterocycles. The molecule has 0 unspecified atom stereocenters. The molecule has 0 saturated carbocycles. The first-order valence-corrected chi connectivity index (χ1v) is 8.50. The van der Waals surface area contributed by atoms with Gasteiger partial charge in [-0.25, -0.2) is 4.79 Å². The average molecular weight is 338 g/mol. The molecule has 2 aromatic rings. The number of carbonyl (C=O) groups is 2. The molecule has 5 nitrogen and oxygen atoms in total. The van der Waals surface area contributed by atoms with Crippen molar-refractivity contribution >= 4 is 17.6 Å². The third-order valence-corrected chi connectivity index (χ3v) is 4.50. The zero-order valence-corrected chi connectivity index (χ0v) is 14.3. The smallest absolute Gasteiger partial charge is 0.335 e. The van der Waals surface area contributed by atoms with E-state index >= 15 is 0 Å². The largest absolute Gasteiger partial charge is 0.478 e. The molecule has 3 rings (SSSR count). The Morgan fingerprint density at radius 2 is 1.76 bits per heavy atom. The van der Waals surface area contributed by atoms with Crippen LogP contribution in [0.5, 0.6) is 0 Å². The minimum absolute atomic E-state index is 0.104. The number of aryl methyl sites for hydroxylation is 1. The van der Waals surface area contributed by atoms with E-state index in [1.807, 2.05) is 25.1 Å². The van der Waals surface area contributed by atoms with Crippen LogP contribution < -0.4 is 10.2 Å². The molecule has 1 saturated heterocycles. The molecule has 1 aliphatic heterocycles. The fourth-order valence-corrected chi connectivity index (χ4v) is 3.11. The van der Waals surface area contributed by atoms with Crippen molar-refractivity contribution in [2.45, 2.75) is 26.3 Å². The molecule has 1 aliphatic rings. The Labute approximate surface area is 147 Å². The van der Waals surface area contributed by atoms with Crippen molar-refractivity contribution in [1.29, 1.82) is 0 Å². The number of rotatable bonds is 5. The van der Waals surface area contributed by atoms with Gasteiger partial charge in [0, 0.05) is 25.3 Å². The normalized spacial score (nSPS) is 13.7. The van der Waals surface area contributed by atoms with E-state index in [-0.39, 0.29) is 11.5 Å². The van der Waals surface area contributed by atoms with Crippen molar-refractivity contribution < 1.29 is 14.7 Å². The van der Waals surface area contributed by atoms with E-state index in [4.69, 9.17) is 5.11 Å². The van der Waals surface area contributed by atoms with Crippen LogP contribution in [0.4, 0.5) is 5.69 Å². The number of anilines is 1. The van der Waals surface area contributed by atoms with Crippen LogP contribution in [0.1, 0.15) is 44.7 Å². The van der Waals surface area contributed by atoms with E-state index in [2.05, 4.69) is 10.2 Å². The maximum atomic E-state index is 12.7. The van der Waals surface area contributed by atoms with Crippen molar-refractivity contribution in [3.05, 3.63) is 64.7 Å².